The summed E-state index contributed by atoms with van der Waals surface area (Å²) in [6.45, 7) is 1.54. The zero-order valence-corrected chi connectivity index (χ0v) is 16.3. The Morgan fingerprint density at radius 3 is 2.50 bits per heavy atom. The Kier molecular flexibility index (Phi) is 4.86. The van der Waals surface area contributed by atoms with Crippen LogP contribution in [0.15, 0.2) is 48.7 Å². The molecule has 4 rings (SSSR count). The molecule has 3 aromatic rings. The van der Waals surface area contributed by atoms with E-state index >= 15 is 0 Å². The molecular formula is C22H25N5O. The first-order valence-corrected chi connectivity index (χ1v) is 9.61. The number of carbonyl (C=O) groups is 1. The number of aromatic nitrogens is 2. The molecule has 1 fully saturated rings. The molecule has 3 heterocycles. The third-order valence-corrected chi connectivity index (χ3v) is 5.46. The van der Waals surface area contributed by atoms with Gasteiger partial charge in [-0.05, 0) is 43.2 Å². The number of amides is 1. The number of fused-ring (bicyclic) bond motifs is 1. The number of nitrogens with zero attached hydrogens (tertiary/aromatic N) is 4. The van der Waals surface area contributed by atoms with Crippen molar-refractivity contribution in [2.24, 2.45) is 11.7 Å². The summed E-state index contributed by atoms with van der Waals surface area (Å²) in [4.78, 5) is 25.4. The van der Waals surface area contributed by atoms with Crippen LogP contribution in [0.2, 0.25) is 0 Å². The van der Waals surface area contributed by atoms with Gasteiger partial charge in [0.1, 0.15) is 5.82 Å². The molecule has 144 valence electrons. The van der Waals surface area contributed by atoms with Gasteiger partial charge in [0.15, 0.2) is 0 Å². The molecule has 0 aliphatic carbocycles. The van der Waals surface area contributed by atoms with E-state index in [1.807, 2.05) is 32.4 Å². The third-order valence-electron chi connectivity index (χ3n) is 5.46. The van der Waals surface area contributed by atoms with Gasteiger partial charge in [-0.15, -0.1) is 0 Å². The molecule has 0 spiro atoms. The summed E-state index contributed by atoms with van der Waals surface area (Å²) < 4.78 is 0. The molecular weight excluding hydrogens is 350 g/mol. The van der Waals surface area contributed by atoms with Crippen molar-refractivity contribution in [3.8, 4) is 11.3 Å². The quantitative estimate of drug-likeness (QED) is 0.758. The lowest BCUT2D eigenvalue weighted by Crippen LogP contribution is -2.39. The maximum atomic E-state index is 11.5. The number of nitrogens with two attached hydrogens (primary N) is 1. The number of carbonyl (C=O) groups excluding carboxylic acids is 1. The fourth-order valence-corrected chi connectivity index (χ4v) is 3.75. The monoisotopic (exact) mass is 375 g/mol. The van der Waals surface area contributed by atoms with Gasteiger partial charge in [-0.1, -0.05) is 12.1 Å². The van der Waals surface area contributed by atoms with Gasteiger partial charge < -0.3 is 15.5 Å². The number of hydrogen-bond donors (Lipinski definition) is 1. The lowest BCUT2D eigenvalue weighted by atomic mass is 9.96. The van der Waals surface area contributed by atoms with E-state index in [-0.39, 0.29) is 11.8 Å². The van der Waals surface area contributed by atoms with E-state index in [1.54, 1.807) is 0 Å². The zero-order valence-electron chi connectivity index (χ0n) is 16.3. The van der Waals surface area contributed by atoms with Gasteiger partial charge in [0.25, 0.3) is 0 Å². The first-order chi connectivity index (χ1) is 13.5. The van der Waals surface area contributed by atoms with Gasteiger partial charge in [0, 0.05) is 55.9 Å². The number of rotatable bonds is 4. The number of anilines is 2. The van der Waals surface area contributed by atoms with Crippen molar-refractivity contribution in [1.29, 1.82) is 0 Å². The van der Waals surface area contributed by atoms with Crippen LogP contribution in [0.4, 0.5) is 11.5 Å². The molecule has 28 heavy (non-hydrogen) atoms. The van der Waals surface area contributed by atoms with Crippen LogP contribution >= 0.6 is 0 Å². The van der Waals surface area contributed by atoms with Crippen molar-refractivity contribution in [3.05, 3.63) is 48.7 Å². The Morgan fingerprint density at radius 2 is 1.86 bits per heavy atom. The Morgan fingerprint density at radius 1 is 1.14 bits per heavy atom. The molecule has 0 bridgehead atoms. The molecule has 1 aliphatic heterocycles. The number of pyridine rings is 2. The second-order valence-corrected chi connectivity index (χ2v) is 7.51. The predicted octanol–water partition coefficient (Wildman–Crippen LogP) is 3.06. The van der Waals surface area contributed by atoms with Gasteiger partial charge in [0.2, 0.25) is 5.91 Å². The molecule has 1 aromatic carbocycles. The van der Waals surface area contributed by atoms with E-state index in [2.05, 4.69) is 45.1 Å². The molecule has 6 nitrogen and oxygen atoms in total. The summed E-state index contributed by atoms with van der Waals surface area (Å²) >= 11 is 0. The zero-order chi connectivity index (χ0) is 19.7. The minimum absolute atomic E-state index is 0.0394. The maximum Gasteiger partial charge on any atom is 0.220 e. The minimum atomic E-state index is -0.200. The number of hydrogen-bond acceptors (Lipinski definition) is 5. The molecule has 0 radical (unpaired) electrons. The first kappa shape index (κ1) is 18.2. The molecule has 2 N–H and O–H groups in total. The molecule has 0 atom stereocenters. The molecule has 6 heteroatoms. The van der Waals surface area contributed by atoms with Crippen molar-refractivity contribution >= 4 is 28.3 Å². The van der Waals surface area contributed by atoms with Crippen molar-refractivity contribution in [2.45, 2.75) is 12.8 Å². The summed E-state index contributed by atoms with van der Waals surface area (Å²) in [7, 11) is 4.06. The van der Waals surface area contributed by atoms with Crippen LogP contribution in [-0.4, -0.2) is 43.1 Å². The average Bonchev–Trinajstić information content (AvgIpc) is 2.73. The number of piperidine rings is 1. The highest BCUT2D eigenvalue weighted by Crippen LogP contribution is 2.32. The highest BCUT2D eigenvalue weighted by atomic mass is 16.1. The second-order valence-electron chi connectivity index (χ2n) is 7.51. The van der Waals surface area contributed by atoms with Crippen LogP contribution in [0, 0.1) is 5.92 Å². The Hall–Kier alpha value is -3.15. The molecule has 0 unspecified atom stereocenters. The van der Waals surface area contributed by atoms with Gasteiger partial charge in [-0.25, -0.2) is 4.98 Å². The summed E-state index contributed by atoms with van der Waals surface area (Å²) in [5, 5.41) is 1.04. The lowest BCUT2D eigenvalue weighted by Gasteiger charge is -2.32. The van der Waals surface area contributed by atoms with Crippen LogP contribution < -0.4 is 15.5 Å². The average molecular weight is 375 g/mol. The lowest BCUT2D eigenvalue weighted by molar-refractivity contribution is -0.122. The standard InChI is InChI=1S/C22H25N5O/c1-26(2)17-7-5-15(6-8-17)19-14-20-18(4-3-11-24-20)22(25-19)27-12-9-16(10-13-27)21(23)28/h3-8,11,14,16H,9-10,12-13H2,1-2H3,(H2,23,28). The summed E-state index contributed by atoms with van der Waals surface area (Å²) in [6, 6.07) is 14.4. The number of benzene rings is 1. The Bertz CT molecular complexity index is 991. The van der Waals surface area contributed by atoms with Gasteiger partial charge >= 0.3 is 0 Å². The van der Waals surface area contributed by atoms with Crippen molar-refractivity contribution in [3.63, 3.8) is 0 Å². The summed E-state index contributed by atoms with van der Waals surface area (Å²) in [5.41, 5.74) is 9.53. The van der Waals surface area contributed by atoms with Gasteiger partial charge in [-0.2, -0.15) is 0 Å². The van der Waals surface area contributed by atoms with Crippen molar-refractivity contribution in [2.75, 3.05) is 37.0 Å². The SMILES string of the molecule is CN(C)c1ccc(-c2cc3ncccc3c(N3CCC(C(N)=O)CC3)n2)cc1. The highest BCUT2D eigenvalue weighted by Gasteiger charge is 2.25. The van der Waals surface area contributed by atoms with Crippen LogP contribution in [-0.2, 0) is 4.79 Å². The Balaban J connectivity index is 1.73. The molecule has 0 saturated carbocycles. The van der Waals surface area contributed by atoms with Crippen LogP contribution in [0.25, 0.3) is 22.2 Å². The molecule has 1 aliphatic rings. The van der Waals surface area contributed by atoms with Gasteiger partial charge in [0.05, 0.1) is 11.2 Å². The number of primary amides is 1. The van der Waals surface area contributed by atoms with E-state index in [0.717, 1.165) is 59.6 Å². The minimum Gasteiger partial charge on any atom is -0.378 e. The van der Waals surface area contributed by atoms with Crippen molar-refractivity contribution in [1.82, 2.24) is 9.97 Å². The van der Waals surface area contributed by atoms with E-state index in [4.69, 9.17) is 10.7 Å². The fraction of sp³-hybridized carbons (Fsp3) is 0.318. The first-order valence-electron chi connectivity index (χ1n) is 9.61. The van der Waals surface area contributed by atoms with E-state index in [1.165, 1.54) is 0 Å². The molecule has 1 amide bonds. The largest absolute Gasteiger partial charge is 0.378 e. The summed E-state index contributed by atoms with van der Waals surface area (Å²) in [5.74, 6) is 0.691. The van der Waals surface area contributed by atoms with E-state index in [9.17, 15) is 4.79 Å². The van der Waals surface area contributed by atoms with Crippen LogP contribution in [0.1, 0.15) is 12.8 Å². The van der Waals surface area contributed by atoms with E-state index < -0.39 is 0 Å². The molecule has 2 aromatic heterocycles. The van der Waals surface area contributed by atoms with Crippen molar-refractivity contribution < 1.29 is 4.79 Å². The topological polar surface area (TPSA) is 75.3 Å². The van der Waals surface area contributed by atoms with Gasteiger partial charge in [-0.3, -0.25) is 9.78 Å². The Labute approximate surface area is 165 Å². The third kappa shape index (κ3) is 3.50. The van der Waals surface area contributed by atoms with E-state index in [0.29, 0.717) is 0 Å². The van der Waals surface area contributed by atoms with Crippen LogP contribution in [0.5, 0.6) is 0 Å². The smallest absolute Gasteiger partial charge is 0.220 e. The fourth-order valence-electron chi connectivity index (χ4n) is 3.75. The molecule has 1 saturated heterocycles. The normalized spacial score (nSPS) is 15.0. The maximum absolute atomic E-state index is 11.5. The van der Waals surface area contributed by atoms with Crippen LogP contribution in [0.3, 0.4) is 0 Å². The highest BCUT2D eigenvalue weighted by molar-refractivity contribution is 5.92. The second kappa shape index (κ2) is 7.46. The summed E-state index contributed by atoms with van der Waals surface area (Å²) in [6.07, 6.45) is 3.34. The predicted molar refractivity (Wildman–Crippen MR) is 113 cm³/mol.